The second-order valence-electron chi connectivity index (χ2n) is 13.6. The van der Waals surface area contributed by atoms with Crippen molar-refractivity contribution in [2.75, 3.05) is 39.4 Å². The van der Waals surface area contributed by atoms with Crippen LogP contribution in [0.25, 0.3) is 21.9 Å². The Kier molecular flexibility index (Phi) is 11.8. The molecule has 4 aromatic rings. The largest absolute Gasteiger partial charge is 0.381 e. The third kappa shape index (κ3) is 8.61. The van der Waals surface area contributed by atoms with Crippen LogP contribution < -0.4 is 21.3 Å². The minimum atomic E-state index is -0.927. The summed E-state index contributed by atoms with van der Waals surface area (Å²) >= 11 is 0. The fraction of sp³-hybridized carbons (Fsp3) is 0.474. The van der Waals surface area contributed by atoms with Crippen molar-refractivity contribution in [1.82, 2.24) is 40.7 Å². The number of rotatable bonds is 4. The SMILES string of the molecule is CC[C@@H]1NC(=O)CN(C(=O)C2CCOCC2)CCCNC(=O)c2ccc3nc(C)n(c3c2)CCCNC(=O)[C@@H](Cc2c[nH]c3ccccc23)NC1=O. The Morgan fingerprint density at radius 2 is 1.69 bits per heavy atom. The van der Waals surface area contributed by atoms with Gasteiger partial charge in [0, 0.05) is 74.4 Å². The topological polar surface area (TPSA) is 180 Å². The van der Waals surface area contributed by atoms with Gasteiger partial charge >= 0.3 is 0 Å². The van der Waals surface area contributed by atoms with Crippen molar-refractivity contribution in [3.05, 3.63) is 65.6 Å². The Bertz CT molecular complexity index is 1930. The van der Waals surface area contributed by atoms with E-state index in [0.29, 0.717) is 64.1 Å². The van der Waals surface area contributed by atoms with E-state index in [1.165, 1.54) is 4.90 Å². The van der Waals surface area contributed by atoms with Gasteiger partial charge in [-0.25, -0.2) is 4.98 Å². The minimum Gasteiger partial charge on any atom is -0.381 e. The third-order valence-electron chi connectivity index (χ3n) is 9.96. The highest BCUT2D eigenvalue weighted by Crippen LogP contribution is 2.21. The monoisotopic (exact) mass is 712 g/mol. The van der Waals surface area contributed by atoms with E-state index in [-0.39, 0.29) is 49.6 Å². The summed E-state index contributed by atoms with van der Waals surface area (Å²) in [5.41, 5.74) is 3.86. The maximum absolute atomic E-state index is 13.7. The van der Waals surface area contributed by atoms with Gasteiger partial charge in [0.05, 0.1) is 17.6 Å². The smallest absolute Gasteiger partial charge is 0.251 e. The molecule has 14 heteroatoms. The average molecular weight is 713 g/mol. The molecule has 2 aromatic heterocycles. The highest BCUT2D eigenvalue weighted by molar-refractivity contribution is 5.97. The van der Waals surface area contributed by atoms with Crippen molar-refractivity contribution in [3.63, 3.8) is 0 Å². The lowest BCUT2D eigenvalue weighted by Gasteiger charge is -2.30. The van der Waals surface area contributed by atoms with Crippen LogP contribution in [0.15, 0.2) is 48.7 Å². The first-order chi connectivity index (χ1) is 25.2. The predicted octanol–water partition coefficient (Wildman–Crippen LogP) is 2.34. The Hall–Kier alpha value is -5.24. The first kappa shape index (κ1) is 36.5. The lowest BCUT2D eigenvalue weighted by atomic mass is 9.98. The second-order valence-corrected chi connectivity index (χ2v) is 13.6. The van der Waals surface area contributed by atoms with Crippen LogP contribution in [0.3, 0.4) is 0 Å². The molecule has 2 aliphatic rings. The molecule has 0 saturated carbocycles. The zero-order chi connectivity index (χ0) is 36.6. The number of H-pyrrole nitrogens is 1. The van der Waals surface area contributed by atoms with Gasteiger partial charge in [-0.05, 0) is 68.9 Å². The van der Waals surface area contributed by atoms with Crippen LogP contribution in [0.5, 0.6) is 0 Å². The van der Waals surface area contributed by atoms with E-state index < -0.39 is 23.9 Å². The number of carbonyl (C=O) groups excluding carboxylic acids is 5. The molecule has 1 saturated heterocycles. The van der Waals surface area contributed by atoms with E-state index >= 15 is 0 Å². The molecule has 5 N–H and O–H groups in total. The van der Waals surface area contributed by atoms with Gasteiger partial charge in [0.1, 0.15) is 17.9 Å². The average Bonchev–Trinajstić information content (AvgIpc) is 3.71. The highest BCUT2D eigenvalue weighted by Gasteiger charge is 2.30. The number of amides is 5. The van der Waals surface area contributed by atoms with Gasteiger partial charge in [0.25, 0.3) is 5.91 Å². The minimum absolute atomic E-state index is 0.152. The highest BCUT2D eigenvalue weighted by atomic mass is 16.5. The van der Waals surface area contributed by atoms with Crippen molar-refractivity contribution in [3.8, 4) is 0 Å². The molecule has 0 unspecified atom stereocenters. The van der Waals surface area contributed by atoms with Gasteiger partial charge in [0.15, 0.2) is 0 Å². The van der Waals surface area contributed by atoms with E-state index in [9.17, 15) is 24.0 Å². The maximum atomic E-state index is 13.7. The van der Waals surface area contributed by atoms with Gasteiger partial charge in [0.2, 0.25) is 23.6 Å². The van der Waals surface area contributed by atoms with Gasteiger partial charge in [-0.15, -0.1) is 0 Å². The van der Waals surface area contributed by atoms with Gasteiger partial charge in [-0.1, -0.05) is 25.1 Å². The number of aromatic amines is 1. The van der Waals surface area contributed by atoms with Crippen LogP contribution in [0.2, 0.25) is 0 Å². The Labute approximate surface area is 302 Å². The van der Waals surface area contributed by atoms with E-state index in [4.69, 9.17) is 4.74 Å². The lowest BCUT2D eigenvalue weighted by Crippen LogP contribution is -2.55. The number of fused-ring (bicyclic) bond motifs is 2. The molecule has 14 nitrogen and oxygen atoms in total. The van der Waals surface area contributed by atoms with Crippen LogP contribution >= 0.6 is 0 Å². The summed E-state index contributed by atoms with van der Waals surface area (Å²) in [6.07, 6.45) is 4.48. The number of hydrogen-bond acceptors (Lipinski definition) is 7. The Morgan fingerprint density at radius 1 is 0.923 bits per heavy atom. The summed E-state index contributed by atoms with van der Waals surface area (Å²) in [7, 11) is 0. The molecule has 2 atom stereocenters. The Morgan fingerprint density at radius 3 is 2.50 bits per heavy atom. The number of benzene rings is 2. The third-order valence-corrected chi connectivity index (χ3v) is 9.96. The van der Waals surface area contributed by atoms with Crippen LogP contribution in [-0.2, 0) is 36.9 Å². The van der Waals surface area contributed by atoms with E-state index in [0.717, 1.165) is 33.3 Å². The molecule has 5 amide bonds. The number of nitrogens with zero attached hydrogens (tertiary/aromatic N) is 3. The van der Waals surface area contributed by atoms with Crippen LogP contribution in [0.1, 0.15) is 60.8 Å². The number of imidazole rings is 1. The standard InChI is InChI=1S/C38H48N8O6/c1-3-29-37(50)44-32(20-27-22-41-30-9-5-4-8-28(27)30)36(49)40-15-7-17-46-24(2)42-31-11-10-26(21-33(31)46)35(48)39-14-6-16-45(23-34(47)43-29)38(51)25-12-18-52-19-13-25/h4-5,8-11,21-22,25,29,32,41H,3,6-7,12-20,23H2,1-2H3,(H,39,48)(H,40,49)(H,43,47)(H,44,50)/t29-,32+/m0/s1. The van der Waals surface area contributed by atoms with E-state index in [1.807, 2.05) is 54.1 Å². The van der Waals surface area contributed by atoms with Gasteiger partial charge < -0.3 is 40.5 Å². The van der Waals surface area contributed by atoms with E-state index in [1.54, 1.807) is 13.0 Å². The van der Waals surface area contributed by atoms with Crippen molar-refractivity contribution >= 4 is 51.5 Å². The summed E-state index contributed by atoms with van der Waals surface area (Å²) in [5.74, 6) is -1.20. The number of carbonyl (C=O) groups is 5. The summed E-state index contributed by atoms with van der Waals surface area (Å²) in [5, 5.41) is 12.6. The molecule has 2 aromatic carbocycles. The molecule has 6 rings (SSSR count). The Balaban J connectivity index is 1.26. The molecule has 4 heterocycles. The summed E-state index contributed by atoms with van der Waals surface area (Å²) in [4.78, 5) is 77.2. The lowest BCUT2D eigenvalue weighted by molar-refractivity contribution is -0.142. The fourth-order valence-corrected chi connectivity index (χ4v) is 7.05. The normalized spacial score (nSPS) is 20.8. The van der Waals surface area contributed by atoms with Crippen LogP contribution in [0.4, 0.5) is 0 Å². The molecule has 276 valence electrons. The number of aromatic nitrogens is 3. The van der Waals surface area contributed by atoms with Gasteiger partial charge in [-0.3, -0.25) is 24.0 Å². The van der Waals surface area contributed by atoms with Gasteiger partial charge in [-0.2, -0.15) is 0 Å². The van der Waals surface area contributed by atoms with Crippen molar-refractivity contribution in [2.24, 2.45) is 5.92 Å². The fourth-order valence-electron chi connectivity index (χ4n) is 7.05. The summed E-state index contributed by atoms with van der Waals surface area (Å²) < 4.78 is 7.48. The molecule has 1 fully saturated rings. The molecular formula is C38H48N8O6. The number of hydrogen-bond donors (Lipinski definition) is 5. The number of ether oxygens (including phenoxy) is 1. The van der Waals surface area contributed by atoms with Crippen LogP contribution in [-0.4, -0.2) is 100 Å². The molecular weight excluding hydrogens is 664 g/mol. The van der Waals surface area contributed by atoms with Crippen molar-refractivity contribution in [2.45, 2.75) is 71.0 Å². The first-order valence-corrected chi connectivity index (χ1v) is 18.3. The molecule has 0 spiro atoms. The van der Waals surface area contributed by atoms with Crippen molar-refractivity contribution < 1.29 is 28.7 Å². The number of para-hydroxylation sites is 1. The van der Waals surface area contributed by atoms with Crippen LogP contribution in [0, 0.1) is 12.8 Å². The molecule has 52 heavy (non-hydrogen) atoms. The molecule has 0 radical (unpaired) electrons. The zero-order valence-electron chi connectivity index (χ0n) is 29.8. The first-order valence-electron chi connectivity index (χ1n) is 18.3. The summed E-state index contributed by atoms with van der Waals surface area (Å²) in [6, 6.07) is 11.3. The molecule has 2 bridgehead atoms. The zero-order valence-corrected chi connectivity index (χ0v) is 29.8. The quantitative estimate of drug-likeness (QED) is 0.216. The molecule has 0 aliphatic carbocycles. The number of aryl methyl sites for hydroxylation is 2. The predicted molar refractivity (Wildman–Crippen MR) is 195 cm³/mol. The number of nitrogens with one attached hydrogen (secondary N) is 5. The molecule has 2 aliphatic heterocycles. The van der Waals surface area contributed by atoms with E-state index in [2.05, 4.69) is 31.2 Å². The second kappa shape index (κ2) is 16.9. The summed E-state index contributed by atoms with van der Waals surface area (Å²) in [6.45, 7) is 5.81. The van der Waals surface area contributed by atoms with Crippen molar-refractivity contribution in [1.29, 1.82) is 0 Å². The maximum Gasteiger partial charge on any atom is 0.251 e.